The van der Waals surface area contributed by atoms with Crippen LogP contribution in [0.15, 0.2) is 0 Å². The summed E-state index contributed by atoms with van der Waals surface area (Å²) in [7, 11) is 0. The zero-order chi connectivity index (χ0) is 55.2. The van der Waals surface area contributed by atoms with Crippen molar-refractivity contribution in [3.05, 3.63) is 0 Å². The number of nitrogens with one attached hydrogen (secondary N) is 8. The van der Waals surface area contributed by atoms with Gasteiger partial charge in [0.2, 0.25) is 53.2 Å². The third kappa shape index (κ3) is 24.8. The van der Waals surface area contributed by atoms with Gasteiger partial charge in [0.25, 0.3) is 0 Å². The van der Waals surface area contributed by atoms with Gasteiger partial charge in [-0.2, -0.15) is 0 Å². The maximum atomic E-state index is 14.0. The molecule has 0 aromatic carbocycles. The van der Waals surface area contributed by atoms with Crippen molar-refractivity contribution in [3.8, 4) is 0 Å². The molecule has 0 aromatic rings. The Balaban J connectivity index is 6.46. The van der Waals surface area contributed by atoms with Gasteiger partial charge in [-0.3, -0.25) is 43.2 Å². The number of hydrogen-bond donors (Lipinski definition) is 15. The third-order valence-corrected chi connectivity index (χ3v) is 12.5. The number of carbonyl (C=O) groups excluding carboxylic acids is 9. The first-order valence-corrected chi connectivity index (χ1v) is 25.3. The van der Waals surface area contributed by atoms with Gasteiger partial charge in [0.15, 0.2) is 0 Å². The molecule has 0 rings (SSSR count). The summed E-state index contributed by atoms with van der Waals surface area (Å²) in [5.74, 6) is -9.82. The van der Waals surface area contributed by atoms with Crippen molar-refractivity contribution in [2.24, 2.45) is 46.4 Å². The van der Waals surface area contributed by atoms with Gasteiger partial charge in [0.1, 0.15) is 48.3 Å². The smallest absolute Gasteiger partial charge is 0.326 e. The minimum atomic E-state index is -1.71. The maximum absolute atomic E-state index is 14.0. The molecule has 72 heavy (non-hydrogen) atoms. The summed E-state index contributed by atoms with van der Waals surface area (Å²) in [4.78, 5) is 133. The number of primary amides is 1. The quantitative estimate of drug-likeness (QED) is 0.0276. The highest BCUT2D eigenvalue weighted by atomic mass is 16.4. The molecule has 0 spiro atoms. The first kappa shape index (κ1) is 66.5. The van der Waals surface area contributed by atoms with E-state index >= 15 is 0 Å². The highest BCUT2D eigenvalue weighted by Gasteiger charge is 2.37. The van der Waals surface area contributed by atoms with Crippen LogP contribution < -0.4 is 71.2 Å². The Morgan fingerprint density at radius 3 is 1.19 bits per heavy atom. The van der Waals surface area contributed by atoms with E-state index in [2.05, 4.69) is 42.5 Å². The molecular weight excluding hydrogens is 939 g/mol. The molecule has 414 valence electrons. The van der Waals surface area contributed by atoms with E-state index in [0.29, 0.717) is 57.9 Å². The molecule has 0 aliphatic carbocycles. The Bertz CT molecular complexity index is 1760. The van der Waals surface area contributed by atoms with Crippen molar-refractivity contribution in [2.45, 2.75) is 199 Å². The summed E-state index contributed by atoms with van der Waals surface area (Å²) in [6.07, 6.45) is 1.51. The standard InChI is InChI=1S/C47H89N13O12/c1-9-26(5)35(52)44(68)55-30(17-11-14-22-48)40(64)53-28(7)39(63)58-36(25(3)4)45(69)56-32(19-13-16-24-50)42(66)60-38(29(8)61)46(70)57-31(18-12-15-23-49)41(65)54-33(20-21-34(51)62)43(67)59-37(47(71)72)27(6)10-2/h25-33,35-38,61H,9-24,48-50,52H2,1-8H3,(H2,51,62)(H,53,64)(H,54,65)(H,55,68)(H,56,69)(H,57,70)(H,58,63)(H,59,67)(H,60,66)(H,71,72)/t26-,27-,28-,29+,30-,31-,32-,33-,35-,36-,37-,38-/m0/s1. The van der Waals surface area contributed by atoms with E-state index in [-0.39, 0.29) is 51.1 Å². The predicted octanol–water partition coefficient (Wildman–Crippen LogP) is -2.92. The average Bonchev–Trinajstić information content (AvgIpc) is 3.32. The molecule has 20 N–H and O–H groups in total. The Morgan fingerprint density at radius 2 is 0.806 bits per heavy atom. The van der Waals surface area contributed by atoms with Gasteiger partial charge in [-0.05, 0) is 115 Å². The second-order valence-corrected chi connectivity index (χ2v) is 18.9. The number of carboxylic acid groups (broad SMARTS) is 1. The maximum Gasteiger partial charge on any atom is 0.326 e. The minimum Gasteiger partial charge on any atom is -0.480 e. The number of unbranched alkanes of at least 4 members (excludes halogenated alkanes) is 3. The predicted molar refractivity (Wildman–Crippen MR) is 269 cm³/mol. The highest BCUT2D eigenvalue weighted by Crippen LogP contribution is 2.13. The van der Waals surface area contributed by atoms with E-state index in [4.69, 9.17) is 28.7 Å². The summed E-state index contributed by atoms with van der Waals surface area (Å²) in [6, 6.07) is -11.6. The van der Waals surface area contributed by atoms with E-state index < -0.39 is 131 Å². The fourth-order valence-electron chi connectivity index (χ4n) is 7.20. The molecule has 25 heteroatoms. The van der Waals surface area contributed by atoms with E-state index in [1.165, 1.54) is 13.8 Å². The number of amides is 9. The molecule has 0 unspecified atom stereocenters. The van der Waals surface area contributed by atoms with Gasteiger partial charge in [0, 0.05) is 6.42 Å². The molecule has 0 saturated carbocycles. The van der Waals surface area contributed by atoms with Crippen LogP contribution in [0.25, 0.3) is 0 Å². The zero-order valence-electron chi connectivity index (χ0n) is 43.7. The molecule has 0 aliphatic heterocycles. The molecule has 9 amide bonds. The Hall–Kier alpha value is -5.50. The molecule has 0 aliphatic rings. The summed E-state index contributed by atoms with van der Waals surface area (Å²) >= 11 is 0. The molecule has 0 fully saturated rings. The van der Waals surface area contributed by atoms with E-state index in [9.17, 15) is 58.2 Å². The lowest BCUT2D eigenvalue weighted by Crippen LogP contribution is -2.62. The molecule has 0 radical (unpaired) electrons. The number of nitrogens with two attached hydrogens (primary N) is 5. The number of hydrogen-bond acceptors (Lipinski definition) is 15. The minimum absolute atomic E-state index is 0.00471. The van der Waals surface area contributed by atoms with Crippen LogP contribution in [0.2, 0.25) is 0 Å². The lowest BCUT2D eigenvalue weighted by molar-refractivity contribution is -0.144. The molecule has 0 saturated heterocycles. The number of aliphatic hydroxyl groups excluding tert-OH is 1. The van der Waals surface area contributed by atoms with Crippen LogP contribution >= 0.6 is 0 Å². The SMILES string of the molecule is CC[C@H](C)[C@H](N)C(=O)N[C@@H](CCCCN)C(=O)N[C@@H](C)C(=O)N[C@H](C(=O)N[C@@H](CCCCN)C(=O)N[C@H](C(=O)N[C@@H](CCCCN)C(=O)N[C@@H](CCC(N)=O)C(=O)N[C@H](C(=O)O)[C@@H](C)CC)[C@@H](C)O)C(C)C. The molecule has 25 nitrogen and oxygen atoms in total. The Morgan fingerprint density at radius 1 is 0.444 bits per heavy atom. The normalized spacial score (nSPS) is 16.3. The van der Waals surface area contributed by atoms with Crippen LogP contribution in [-0.4, -0.2) is 149 Å². The lowest BCUT2D eigenvalue weighted by Gasteiger charge is -2.29. The van der Waals surface area contributed by atoms with E-state index in [1.54, 1.807) is 27.7 Å². The van der Waals surface area contributed by atoms with Crippen molar-refractivity contribution in [2.75, 3.05) is 19.6 Å². The van der Waals surface area contributed by atoms with E-state index in [1.807, 2.05) is 13.8 Å². The largest absolute Gasteiger partial charge is 0.480 e. The second-order valence-electron chi connectivity index (χ2n) is 18.9. The summed E-state index contributed by atoms with van der Waals surface area (Å²) in [5, 5.41) is 41.0. The Labute approximate surface area is 424 Å². The third-order valence-electron chi connectivity index (χ3n) is 12.5. The second kappa shape index (κ2) is 35.6. The van der Waals surface area contributed by atoms with Crippen LogP contribution in [-0.2, 0) is 47.9 Å². The number of aliphatic hydroxyl groups is 1. The van der Waals surface area contributed by atoms with Crippen molar-refractivity contribution in [3.63, 3.8) is 0 Å². The van der Waals surface area contributed by atoms with Gasteiger partial charge in [-0.25, -0.2) is 4.79 Å². The number of aliphatic carboxylic acids is 1. The van der Waals surface area contributed by atoms with Crippen molar-refractivity contribution >= 4 is 59.1 Å². The first-order valence-electron chi connectivity index (χ1n) is 25.3. The fraction of sp³-hybridized carbons (Fsp3) is 0.787. The summed E-state index contributed by atoms with van der Waals surface area (Å²) in [5.41, 5.74) is 28.5. The molecule has 0 aromatic heterocycles. The van der Waals surface area contributed by atoms with E-state index in [0.717, 1.165) is 0 Å². The van der Waals surface area contributed by atoms with Gasteiger partial charge in [0.05, 0.1) is 12.1 Å². The number of carboxylic acids is 1. The number of carbonyl (C=O) groups is 10. The van der Waals surface area contributed by atoms with Gasteiger partial charge in [-0.1, -0.05) is 54.4 Å². The van der Waals surface area contributed by atoms with Crippen LogP contribution in [0, 0.1) is 17.8 Å². The molecule has 12 atom stereocenters. The van der Waals surface area contributed by atoms with Gasteiger partial charge in [-0.15, -0.1) is 0 Å². The lowest BCUT2D eigenvalue weighted by atomic mass is 9.98. The van der Waals surface area contributed by atoms with Crippen LogP contribution in [0.1, 0.15) is 139 Å². The fourth-order valence-corrected chi connectivity index (χ4v) is 7.20. The average molecular weight is 1030 g/mol. The van der Waals surface area contributed by atoms with Gasteiger partial charge >= 0.3 is 5.97 Å². The number of rotatable bonds is 38. The zero-order valence-corrected chi connectivity index (χ0v) is 43.7. The van der Waals surface area contributed by atoms with Crippen molar-refractivity contribution in [1.82, 2.24) is 42.5 Å². The van der Waals surface area contributed by atoms with Crippen LogP contribution in [0.4, 0.5) is 0 Å². The molecular formula is C47H89N13O12. The first-order chi connectivity index (χ1) is 33.8. The molecule has 0 bridgehead atoms. The van der Waals surface area contributed by atoms with Crippen LogP contribution in [0.3, 0.4) is 0 Å². The summed E-state index contributed by atoms with van der Waals surface area (Å²) < 4.78 is 0. The van der Waals surface area contributed by atoms with Gasteiger partial charge < -0.3 is 81.4 Å². The monoisotopic (exact) mass is 1030 g/mol. The topological polar surface area (TPSA) is 437 Å². The summed E-state index contributed by atoms with van der Waals surface area (Å²) in [6.45, 7) is 13.8. The highest BCUT2D eigenvalue weighted by molar-refractivity contribution is 5.98. The molecule has 0 heterocycles. The Kier molecular flexibility index (Phi) is 32.9. The van der Waals surface area contributed by atoms with Crippen molar-refractivity contribution < 1.29 is 58.2 Å². The van der Waals surface area contributed by atoms with Crippen LogP contribution in [0.5, 0.6) is 0 Å². The van der Waals surface area contributed by atoms with Crippen molar-refractivity contribution in [1.29, 1.82) is 0 Å².